The van der Waals surface area contributed by atoms with Gasteiger partial charge >= 0.3 is 5.97 Å². The molecular weight excluding hydrogens is 282 g/mol. The fraction of sp³-hybridized carbons (Fsp3) is 0.154. The first-order chi connectivity index (χ1) is 9.61. The largest absolute Gasteiger partial charge is 0.468 e. The lowest BCUT2D eigenvalue weighted by molar-refractivity contribution is -0.387. The van der Waals surface area contributed by atoms with Gasteiger partial charge in [-0.15, -0.1) is 11.8 Å². The molecule has 0 unspecified atom stereocenters. The number of rotatable bonds is 5. The van der Waals surface area contributed by atoms with Crippen molar-refractivity contribution in [3.05, 3.63) is 46.7 Å². The third-order valence-electron chi connectivity index (χ3n) is 2.53. The third kappa shape index (κ3) is 3.18. The molecule has 1 aromatic carbocycles. The summed E-state index contributed by atoms with van der Waals surface area (Å²) in [6.45, 7) is 0. The van der Waals surface area contributed by atoms with Gasteiger partial charge in [0, 0.05) is 11.6 Å². The van der Waals surface area contributed by atoms with Gasteiger partial charge in [0.25, 0.3) is 5.69 Å². The van der Waals surface area contributed by atoms with Crippen molar-refractivity contribution in [3.8, 4) is 11.3 Å². The Morgan fingerprint density at radius 3 is 2.85 bits per heavy atom. The molecule has 0 amide bonds. The van der Waals surface area contributed by atoms with Crippen molar-refractivity contribution in [2.45, 2.75) is 4.90 Å². The Kier molecular flexibility index (Phi) is 4.41. The molecule has 0 saturated carbocycles. The van der Waals surface area contributed by atoms with Gasteiger partial charge in [0.1, 0.15) is 5.76 Å². The van der Waals surface area contributed by atoms with E-state index in [1.165, 1.54) is 19.4 Å². The van der Waals surface area contributed by atoms with Crippen molar-refractivity contribution in [3.63, 3.8) is 0 Å². The maximum atomic E-state index is 11.1. The SMILES string of the molecule is COC(=O)CSc1ccc(-c2ccco2)cc1[N+](=O)[O-]. The Labute approximate surface area is 118 Å². The van der Waals surface area contributed by atoms with Crippen LogP contribution in [0.1, 0.15) is 0 Å². The quantitative estimate of drug-likeness (QED) is 0.364. The van der Waals surface area contributed by atoms with Crippen LogP contribution in [0.15, 0.2) is 45.9 Å². The summed E-state index contributed by atoms with van der Waals surface area (Å²) in [6.07, 6.45) is 1.50. The van der Waals surface area contributed by atoms with Gasteiger partial charge < -0.3 is 9.15 Å². The zero-order valence-corrected chi connectivity index (χ0v) is 11.4. The van der Waals surface area contributed by atoms with E-state index in [9.17, 15) is 14.9 Å². The van der Waals surface area contributed by atoms with Crippen LogP contribution in [0.4, 0.5) is 5.69 Å². The summed E-state index contributed by atoms with van der Waals surface area (Å²) in [7, 11) is 1.28. The van der Waals surface area contributed by atoms with E-state index in [4.69, 9.17) is 4.42 Å². The number of hydrogen-bond acceptors (Lipinski definition) is 6. The Bertz CT molecular complexity index is 624. The normalized spacial score (nSPS) is 10.2. The fourth-order valence-electron chi connectivity index (χ4n) is 1.57. The lowest BCUT2D eigenvalue weighted by Gasteiger charge is -2.04. The number of ether oxygens (including phenoxy) is 1. The second-order valence-corrected chi connectivity index (χ2v) is 4.80. The van der Waals surface area contributed by atoms with Crippen molar-refractivity contribution in [2.24, 2.45) is 0 Å². The van der Waals surface area contributed by atoms with Crippen LogP contribution < -0.4 is 0 Å². The van der Waals surface area contributed by atoms with E-state index < -0.39 is 10.9 Å². The molecule has 0 aliphatic rings. The summed E-state index contributed by atoms with van der Waals surface area (Å²) >= 11 is 1.07. The van der Waals surface area contributed by atoms with Crippen molar-refractivity contribution < 1.29 is 18.9 Å². The van der Waals surface area contributed by atoms with E-state index in [0.717, 1.165) is 11.8 Å². The molecule has 7 heteroatoms. The molecule has 2 aromatic rings. The first kappa shape index (κ1) is 14.1. The molecule has 104 valence electrons. The number of carbonyl (C=O) groups excluding carboxylic acids is 1. The summed E-state index contributed by atoms with van der Waals surface area (Å²) in [5, 5.41) is 11.1. The molecule has 0 spiro atoms. The number of furan rings is 1. The maximum absolute atomic E-state index is 11.1. The van der Waals surface area contributed by atoms with E-state index in [1.807, 2.05) is 0 Å². The lowest BCUT2D eigenvalue weighted by Crippen LogP contribution is -2.03. The average Bonchev–Trinajstić information content (AvgIpc) is 2.98. The van der Waals surface area contributed by atoms with Gasteiger partial charge in [-0.3, -0.25) is 14.9 Å². The van der Waals surface area contributed by atoms with E-state index >= 15 is 0 Å². The second-order valence-electron chi connectivity index (χ2n) is 3.78. The first-order valence-corrected chi connectivity index (χ1v) is 6.62. The predicted octanol–water partition coefficient (Wildman–Crippen LogP) is 3.12. The maximum Gasteiger partial charge on any atom is 0.315 e. The molecule has 0 N–H and O–H groups in total. The predicted molar refractivity (Wildman–Crippen MR) is 73.5 cm³/mol. The molecule has 0 fully saturated rings. The van der Waals surface area contributed by atoms with Gasteiger partial charge in [0.15, 0.2) is 0 Å². The highest BCUT2D eigenvalue weighted by Crippen LogP contribution is 2.33. The minimum absolute atomic E-state index is 0.0252. The van der Waals surface area contributed by atoms with Crippen LogP contribution in [-0.2, 0) is 9.53 Å². The van der Waals surface area contributed by atoms with Crippen molar-refractivity contribution in [1.29, 1.82) is 0 Å². The van der Waals surface area contributed by atoms with E-state index in [0.29, 0.717) is 16.2 Å². The number of nitro benzene ring substituents is 1. The number of benzene rings is 1. The monoisotopic (exact) mass is 293 g/mol. The Morgan fingerprint density at radius 2 is 2.25 bits per heavy atom. The highest BCUT2D eigenvalue weighted by Gasteiger charge is 2.17. The van der Waals surface area contributed by atoms with Crippen molar-refractivity contribution in [2.75, 3.05) is 12.9 Å². The highest BCUT2D eigenvalue weighted by atomic mass is 32.2. The zero-order chi connectivity index (χ0) is 14.5. The molecule has 20 heavy (non-hydrogen) atoms. The number of thioether (sulfide) groups is 1. The smallest absolute Gasteiger partial charge is 0.315 e. The molecule has 2 rings (SSSR count). The molecule has 0 aliphatic heterocycles. The van der Waals surface area contributed by atoms with Crippen LogP contribution in [0.5, 0.6) is 0 Å². The molecule has 1 heterocycles. The third-order valence-corrected chi connectivity index (χ3v) is 3.57. The van der Waals surface area contributed by atoms with Crippen LogP contribution >= 0.6 is 11.8 Å². The average molecular weight is 293 g/mol. The minimum Gasteiger partial charge on any atom is -0.468 e. The lowest BCUT2D eigenvalue weighted by atomic mass is 10.1. The van der Waals surface area contributed by atoms with Crippen LogP contribution in [0.25, 0.3) is 11.3 Å². The number of nitrogens with zero attached hydrogens (tertiary/aromatic N) is 1. The molecule has 0 radical (unpaired) electrons. The number of methoxy groups -OCH3 is 1. The molecule has 0 aliphatic carbocycles. The van der Waals surface area contributed by atoms with Gasteiger partial charge in [0.2, 0.25) is 0 Å². The van der Waals surface area contributed by atoms with Crippen molar-refractivity contribution >= 4 is 23.4 Å². The summed E-state index contributed by atoms with van der Waals surface area (Å²) in [5.41, 5.74) is 0.553. The highest BCUT2D eigenvalue weighted by molar-refractivity contribution is 8.00. The summed E-state index contributed by atoms with van der Waals surface area (Å²) < 4.78 is 9.72. The molecule has 0 saturated heterocycles. The summed E-state index contributed by atoms with van der Waals surface area (Å²) in [4.78, 5) is 22.1. The molecule has 0 atom stereocenters. The molecule has 0 bridgehead atoms. The summed E-state index contributed by atoms with van der Waals surface area (Å²) in [6, 6.07) is 8.18. The van der Waals surface area contributed by atoms with Crippen LogP contribution in [0.2, 0.25) is 0 Å². The Hall–Kier alpha value is -2.28. The van der Waals surface area contributed by atoms with Crippen LogP contribution in [0, 0.1) is 10.1 Å². The number of nitro groups is 1. The molecular formula is C13H11NO5S. The van der Waals surface area contributed by atoms with Gasteiger partial charge in [-0.1, -0.05) is 0 Å². The van der Waals surface area contributed by atoms with Crippen LogP contribution in [0.3, 0.4) is 0 Å². The Morgan fingerprint density at radius 1 is 1.45 bits per heavy atom. The number of hydrogen-bond donors (Lipinski definition) is 0. The second kappa shape index (κ2) is 6.25. The van der Waals surface area contributed by atoms with Crippen LogP contribution in [-0.4, -0.2) is 23.8 Å². The van der Waals surface area contributed by atoms with Crippen molar-refractivity contribution in [1.82, 2.24) is 0 Å². The van der Waals surface area contributed by atoms with E-state index in [-0.39, 0.29) is 11.4 Å². The number of esters is 1. The van der Waals surface area contributed by atoms with Gasteiger partial charge in [-0.25, -0.2) is 0 Å². The fourth-order valence-corrected chi connectivity index (χ4v) is 2.41. The standard InChI is InChI=1S/C13H11NO5S/c1-18-13(15)8-20-12-5-4-9(7-10(12)14(16)17)11-3-2-6-19-11/h2-7H,8H2,1H3. The first-order valence-electron chi connectivity index (χ1n) is 5.63. The molecule has 6 nitrogen and oxygen atoms in total. The molecule has 1 aromatic heterocycles. The van der Waals surface area contributed by atoms with E-state index in [1.54, 1.807) is 24.3 Å². The number of carbonyl (C=O) groups is 1. The van der Waals surface area contributed by atoms with E-state index in [2.05, 4.69) is 4.74 Å². The minimum atomic E-state index is -0.480. The van der Waals surface area contributed by atoms with Gasteiger partial charge in [-0.2, -0.15) is 0 Å². The topological polar surface area (TPSA) is 82.6 Å². The van der Waals surface area contributed by atoms with Gasteiger partial charge in [0.05, 0.1) is 28.9 Å². The zero-order valence-electron chi connectivity index (χ0n) is 10.6. The summed E-state index contributed by atoms with van der Waals surface area (Å²) in [5.74, 6) is 0.147. The Balaban J connectivity index is 2.29. The van der Waals surface area contributed by atoms with Gasteiger partial charge in [-0.05, 0) is 24.3 Å².